The highest BCUT2D eigenvalue weighted by atomic mass is 19.1. The Balaban J connectivity index is 2.32. The molecule has 2 rings (SSSR count). The second kappa shape index (κ2) is 5.53. The molecule has 0 aliphatic carbocycles. The first-order chi connectivity index (χ1) is 9.01. The lowest BCUT2D eigenvalue weighted by atomic mass is 10.0. The predicted molar refractivity (Wildman–Crippen MR) is 75.0 cm³/mol. The van der Waals surface area contributed by atoms with Gasteiger partial charge in [0.1, 0.15) is 11.5 Å². The molecule has 0 aliphatic rings. The quantitative estimate of drug-likeness (QED) is 0.919. The Bertz CT molecular complexity index is 575. The minimum atomic E-state index is -0.257. The molecule has 1 heterocycles. The lowest BCUT2D eigenvalue weighted by Gasteiger charge is -2.11. The van der Waals surface area contributed by atoms with Gasteiger partial charge in [-0.2, -0.15) is 5.10 Å². The summed E-state index contributed by atoms with van der Waals surface area (Å²) in [4.78, 5) is 0. The van der Waals surface area contributed by atoms with Gasteiger partial charge in [-0.3, -0.25) is 0 Å². The van der Waals surface area contributed by atoms with Gasteiger partial charge >= 0.3 is 0 Å². The lowest BCUT2D eigenvalue weighted by molar-refractivity contribution is 0.599. The van der Waals surface area contributed by atoms with Gasteiger partial charge in [0, 0.05) is 11.7 Å². The van der Waals surface area contributed by atoms with Crippen LogP contribution in [0.25, 0.3) is 5.69 Å². The monoisotopic (exact) mass is 261 g/mol. The van der Waals surface area contributed by atoms with Crippen LogP contribution in [0.1, 0.15) is 30.3 Å². The Hall–Kier alpha value is -1.68. The molecule has 2 aromatic rings. The molecule has 0 saturated heterocycles. The molecule has 0 aliphatic heterocycles. The summed E-state index contributed by atoms with van der Waals surface area (Å²) in [5, 5.41) is 4.30. The Kier molecular flexibility index (Phi) is 4.00. The topological polar surface area (TPSA) is 43.8 Å². The molecule has 2 N–H and O–H groups in total. The molecule has 0 saturated carbocycles. The molecule has 0 spiro atoms. The van der Waals surface area contributed by atoms with Crippen LogP contribution in [0, 0.1) is 19.7 Å². The van der Waals surface area contributed by atoms with Gasteiger partial charge in [0.25, 0.3) is 0 Å². The van der Waals surface area contributed by atoms with Crippen molar-refractivity contribution in [2.75, 3.05) is 0 Å². The van der Waals surface area contributed by atoms with Crippen molar-refractivity contribution < 1.29 is 4.39 Å². The van der Waals surface area contributed by atoms with E-state index in [1.54, 1.807) is 16.8 Å². The second-order valence-electron chi connectivity index (χ2n) is 5.00. The molecule has 0 bridgehead atoms. The van der Waals surface area contributed by atoms with Crippen LogP contribution in [0.3, 0.4) is 0 Å². The first kappa shape index (κ1) is 13.7. The minimum absolute atomic E-state index is 0.0823. The Labute approximate surface area is 113 Å². The van der Waals surface area contributed by atoms with Crippen LogP contribution in [0.4, 0.5) is 4.39 Å². The maximum atomic E-state index is 14.2. The molecule has 0 radical (unpaired) electrons. The van der Waals surface area contributed by atoms with Gasteiger partial charge in [0.15, 0.2) is 0 Å². The van der Waals surface area contributed by atoms with E-state index in [1.165, 1.54) is 0 Å². The summed E-state index contributed by atoms with van der Waals surface area (Å²) in [6.45, 7) is 5.85. The zero-order valence-corrected chi connectivity index (χ0v) is 11.7. The van der Waals surface area contributed by atoms with Crippen molar-refractivity contribution in [3.8, 4) is 5.69 Å². The van der Waals surface area contributed by atoms with Crippen LogP contribution in [-0.4, -0.2) is 15.8 Å². The summed E-state index contributed by atoms with van der Waals surface area (Å²) in [5.74, 6) is -0.257. The van der Waals surface area contributed by atoms with E-state index >= 15 is 0 Å². The van der Waals surface area contributed by atoms with E-state index in [9.17, 15) is 4.39 Å². The Morgan fingerprint density at radius 2 is 2.05 bits per heavy atom. The van der Waals surface area contributed by atoms with E-state index in [-0.39, 0.29) is 11.9 Å². The predicted octanol–water partition coefficient (Wildman–Crippen LogP) is 2.91. The summed E-state index contributed by atoms with van der Waals surface area (Å²) in [5.41, 5.74) is 9.11. The fourth-order valence-electron chi connectivity index (χ4n) is 2.17. The first-order valence-electron chi connectivity index (χ1n) is 6.59. The highest BCUT2D eigenvalue weighted by Gasteiger charge is 2.10. The molecular formula is C15H20FN3. The fourth-order valence-corrected chi connectivity index (χ4v) is 2.17. The number of hydrogen-bond donors (Lipinski definition) is 1. The van der Waals surface area contributed by atoms with Gasteiger partial charge in [0.2, 0.25) is 0 Å². The molecule has 1 aromatic carbocycles. The summed E-state index contributed by atoms with van der Waals surface area (Å²) >= 11 is 0. The van der Waals surface area contributed by atoms with E-state index in [0.717, 1.165) is 23.4 Å². The zero-order valence-electron chi connectivity index (χ0n) is 11.7. The average molecular weight is 261 g/mol. The van der Waals surface area contributed by atoms with Gasteiger partial charge in [-0.1, -0.05) is 13.0 Å². The van der Waals surface area contributed by atoms with E-state index in [2.05, 4.69) is 5.10 Å². The van der Waals surface area contributed by atoms with Gasteiger partial charge in [-0.05, 0) is 50.5 Å². The number of halogens is 1. The third-order valence-corrected chi connectivity index (χ3v) is 3.27. The zero-order chi connectivity index (χ0) is 14.0. The molecule has 3 nitrogen and oxygen atoms in total. The number of aryl methyl sites for hydroxylation is 2. The summed E-state index contributed by atoms with van der Waals surface area (Å²) in [6.07, 6.45) is 1.59. The molecule has 19 heavy (non-hydrogen) atoms. The van der Waals surface area contributed by atoms with Crippen LogP contribution in [0.2, 0.25) is 0 Å². The summed E-state index contributed by atoms with van der Waals surface area (Å²) in [6, 6.07) is 7.26. The molecule has 4 heteroatoms. The highest BCUT2D eigenvalue weighted by molar-refractivity contribution is 5.38. The number of aromatic nitrogens is 2. The highest BCUT2D eigenvalue weighted by Crippen LogP contribution is 2.18. The van der Waals surface area contributed by atoms with Crippen molar-refractivity contribution in [2.24, 2.45) is 5.73 Å². The largest absolute Gasteiger partial charge is 0.327 e. The molecule has 1 aromatic heterocycles. The standard InChI is InChI=1S/C15H20FN3/c1-4-13(17)8-12-5-6-15(14(16)9-12)19-11(3)7-10(2)18-19/h5-7,9,13H,4,8,17H2,1-3H3. The SMILES string of the molecule is CCC(N)Cc1ccc(-n2nc(C)cc2C)c(F)c1. The molecular weight excluding hydrogens is 241 g/mol. The molecule has 1 unspecified atom stereocenters. The van der Waals surface area contributed by atoms with Crippen LogP contribution in [-0.2, 0) is 6.42 Å². The van der Waals surface area contributed by atoms with Gasteiger partial charge in [-0.15, -0.1) is 0 Å². The van der Waals surface area contributed by atoms with Crippen LogP contribution in [0.5, 0.6) is 0 Å². The van der Waals surface area contributed by atoms with Crippen molar-refractivity contribution in [1.82, 2.24) is 9.78 Å². The normalized spacial score (nSPS) is 12.7. The summed E-state index contributed by atoms with van der Waals surface area (Å²) in [7, 11) is 0. The average Bonchev–Trinajstić information content (AvgIpc) is 2.68. The number of benzene rings is 1. The Morgan fingerprint density at radius 3 is 2.58 bits per heavy atom. The van der Waals surface area contributed by atoms with Gasteiger partial charge in [0.05, 0.1) is 5.69 Å². The Morgan fingerprint density at radius 1 is 1.32 bits per heavy atom. The van der Waals surface area contributed by atoms with Crippen molar-refractivity contribution >= 4 is 0 Å². The number of nitrogens with zero attached hydrogens (tertiary/aromatic N) is 2. The number of rotatable bonds is 4. The number of nitrogens with two attached hydrogens (primary N) is 1. The lowest BCUT2D eigenvalue weighted by Crippen LogP contribution is -2.21. The fraction of sp³-hybridized carbons (Fsp3) is 0.400. The van der Waals surface area contributed by atoms with Crippen molar-refractivity contribution in [2.45, 2.75) is 39.7 Å². The maximum absolute atomic E-state index is 14.2. The van der Waals surface area contributed by atoms with Crippen LogP contribution in [0.15, 0.2) is 24.3 Å². The van der Waals surface area contributed by atoms with Crippen molar-refractivity contribution in [3.05, 3.63) is 47.0 Å². The van der Waals surface area contributed by atoms with Gasteiger partial charge < -0.3 is 5.73 Å². The van der Waals surface area contributed by atoms with Crippen molar-refractivity contribution in [3.63, 3.8) is 0 Å². The van der Waals surface area contributed by atoms with E-state index in [1.807, 2.05) is 32.9 Å². The van der Waals surface area contributed by atoms with Crippen LogP contribution < -0.4 is 5.73 Å². The smallest absolute Gasteiger partial charge is 0.149 e. The molecule has 0 fully saturated rings. The van der Waals surface area contributed by atoms with E-state index in [0.29, 0.717) is 12.1 Å². The van der Waals surface area contributed by atoms with Crippen molar-refractivity contribution in [1.29, 1.82) is 0 Å². The van der Waals surface area contributed by atoms with E-state index in [4.69, 9.17) is 5.73 Å². The third kappa shape index (κ3) is 3.01. The summed E-state index contributed by atoms with van der Waals surface area (Å²) < 4.78 is 15.8. The molecule has 1 atom stereocenters. The molecule has 102 valence electrons. The van der Waals surface area contributed by atoms with E-state index < -0.39 is 0 Å². The minimum Gasteiger partial charge on any atom is -0.327 e. The third-order valence-electron chi connectivity index (χ3n) is 3.27. The first-order valence-corrected chi connectivity index (χ1v) is 6.59. The van der Waals surface area contributed by atoms with Gasteiger partial charge in [-0.25, -0.2) is 9.07 Å². The second-order valence-corrected chi connectivity index (χ2v) is 5.00. The molecule has 0 amide bonds. The van der Waals surface area contributed by atoms with Crippen LogP contribution >= 0.6 is 0 Å². The maximum Gasteiger partial charge on any atom is 0.149 e. The number of hydrogen-bond acceptors (Lipinski definition) is 2.